The fraction of sp³-hybridized carbons (Fsp3) is 0.818. The van der Waals surface area contributed by atoms with Gasteiger partial charge in [-0.15, -0.1) is 0 Å². The van der Waals surface area contributed by atoms with E-state index in [1.807, 2.05) is 0 Å². The molecule has 0 aromatic rings. The number of carbonyl (C=O) groups is 2. The number of rotatable bonds is 0. The number of urea groups is 2. The molecule has 4 amide bonds. The van der Waals surface area contributed by atoms with Crippen LogP contribution in [0, 0.1) is 5.41 Å². The predicted molar refractivity (Wildman–Crippen MR) is 63.2 cm³/mol. The van der Waals surface area contributed by atoms with Gasteiger partial charge in [0.05, 0.1) is 0 Å². The Morgan fingerprint density at radius 2 is 1.00 bits per heavy atom. The van der Waals surface area contributed by atoms with Crippen molar-refractivity contribution in [2.45, 2.75) is 26.2 Å². The number of carbonyl (C=O) groups excluding carboxylic acids is 2. The third-order valence-corrected chi connectivity index (χ3v) is 4.01. The lowest BCUT2D eigenvalue weighted by Gasteiger charge is -2.61. The second-order valence-corrected chi connectivity index (χ2v) is 5.58. The highest BCUT2D eigenvalue weighted by atomic mass is 16.2. The normalized spacial score (nSPS) is 32.4. The van der Waals surface area contributed by atoms with Crippen LogP contribution in [0.2, 0.25) is 0 Å². The van der Waals surface area contributed by atoms with Crippen LogP contribution in [-0.4, -0.2) is 72.2 Å². The molecule has 0 N–H and O–H groups in total. The smallest absolute Gasteiger partial charge is 0.306 e. The zero-order valence-electron chi connectivity index (χ0n) is 11.3. The van der Waals surface area contributed by atoms with Gasteiger partial charge in [-0.25, -0.2) is 9.59 Å². The van der Waals surface area contributed by atoms with Gasteiger partial charge in [-0.3, -0.25) is 0 Å². The summed E-state index contributed by atoms with van der Waals surface area (Å²) in [5.74, 6) is 0. The summed E-state index contributed by atoms with van der Waals surface area (Å²) in [7, 11) is 6.99. The molecule has 2 aliphatic rings. The van der Waals surface area contributed by atoms with Crippen molar-refractivity contribution >= 4 is 12.1 Å². The van der Waals surface area contributed by atoms with E-state index >= 15 is 0 Å². The maximum absolute atomic E-state index is 12.1. The average Bonchev–Trinajstić information content (AvgIpc) is 2.23. The number of nitrogens with zero attached hydrogens (tertiary/aromatic N) is 4. The molecule has 6 heteroatoms. The highest BCUT2D eigenvalue weighted by molar-refractivity contribution is 5.82. The molecule has 6 nitrogen and oxygen atoms in total. The highest BCUT2D eigenvalue weighted by Crippen LogP contribution is 2.42. The molecular weight excluding hydrogens is 220 g/mol. The summed E-state index contributed by atoms with van der Waals surface area (Å²) >= 11 is 0. The van der Waals surface area contributed by atoms with Crippen LogP contribution >= 0.6 is 0 Å². The monoisotopic (exact) mass is 240 g/mol. The van der Waals surface area contributed by atoms with Crippen LogP contribution in [0.5, 0.6) is 0 Å². The number of amides is 4. The van der Waals surface area contributed by atoms with E-state index in [0.717, 1.165) is 0 Å². The molecule has 2 heterocycles. The SMILES string of the molecule is CN1C(=O)N(C)C2N(C)C(=O)N(C)C1C2(C)C. The molecule has 2 saturated heterocycles. The fourth-order valence-electron chi connectivity index (χ4n) is 3.57. The molecule has 0 spiro atoms. The first-order valence-corrected chi connectivity index (χ1v) is 5.70. The third-order valence-electron chi connectivity index (χ3n) is 4.01. The van der Waals surface area contributed by atoms with Crippen LogP contribution in [0.25, 0.3) is 0 Å². The first kappa shape index (κ1) is 12.0. The van der Waals surface area contributed by atoms with Gasteiger partial charge in [-0.05, 0) is 0 Å². The fourth-order valence-corrected chi connectivity index (χ4v) is 3.57. The Hall–Kier alpha value is -1.46. The van der Waals surface area contributed by atoms with E-state index in [9.17, 15) is 9.59 Å². The van der Waals surface area contributed by atoms with E-state index in [0.29, 0.717) is 0 Å². The first-order chi connectivity index (χ1) is 7.71. The largest absolute Gasteiger partial charge is 0.322 e. The van der Waals surface area contributed by atoms with Crippen LogP contribution in [0.15, 0.2) is 0 Å². The third kappa shape index (κ3) is 1.26. The summed E-state index contributed by atoms with van der Waals surface area (Å²) in [4.78, 5) is 30.8. The van der Waals surface area contributed by atoms with Crippen LogP contribution in [0.1, 0.15) is 13.8 Å². The summed E-state index contributed by atoms with van der Waals surface area (Å²) in [6, 6.07) is -0.101. The molecular formula is C11H20N4O2. The van der Waals surface area contributed by atoms with Gasteiger partial charge < -0.3 is 19.6 Å². The summed E-state index contributed by atoms with van der Waals surface area (Å²) in [5.41, 5.74) is -0.200. The average molecular weight is 240 g/mol. The Morgan fingerprint density at radius 1 is 0.765 bits per heavy atom. The van der Waals surface area contributed by atoms with Gasteiger partial charge in [-0.1, -0.05) is 13.8 Å². The molecule has 2 aliphatic heterocycles. The lowest BCUT2D eigenvalue weighted by Crippen LogP contribution is -2.78. The number of hydrogen-bond donors (Lipinski definition) is 0. The molecule has 0 saturated carbocycles. The van der Waals surface area contributed by atoms with Gasteiger partial charge >= 0.3 is 12.1 Å². The molecule has 0 unspecified atom stereocenters. The van der Waals surface area contributed by atoms with Gasteiger partial charge in [0.25, 0.3) is 0 Å². The molecule has 0 aromatic heterocycles. The minimum Gasteiger partial charge on any atom is -0.306 e. The van der Waals surface area contributed by atoms with Crippen molar-refractivity contribution in [1.82, 2.24) is 19.6 Å². The molecule has 0 radical (unpaired) electrons. The van der Waals surface area contributed by atoms with Crippen LogP contribution < -0.4 is 0 Å². The van der Waals surface area contributed by atoms with Gasteiger partial charge in [-0.2, -0.15) is 0 Å². The topological polar surface area (TPSA) is 47.1 Å². The van der Waals surface area contributed by atoms with E-state index in [4.69, 9.17) is 0 Å². The van der Waals surface area contributed by atoms with E-state index in [1.165, 1.54) is 0 Å². The summed E-state index contributed by atoms with van der Waals surface area (Å²) in [6.07, 6.45) is -0.389. The summed E-state index contributed by atoms with van der Waals surface area (Å²) in [6.45, 7) is 4.17. The molecule has 0 atom stereocenters. The number of hydrogen-bond acceptors (Lipinski definition) is 2. The number of fused-ring (bicyclic) bond motifs is 2. The van der Waals surface area contributed by atoms with Gasteiger partial charge in [0.2, 0.25) is 0 Å². The van der Waals surface area contributed by atoms with Crippen molar-refractivity contribution < 1.29 is 9.59 Å². The predicted octanol–water partition coefficient (Wildman–Crippen LogP) is 0.659. The Labute approximate surface area is 102 Å². The van der Waals surface area contributed by atoms with E-state index in [-0.39, 0.29) is 29.8 Å². The zero-order valence-corrected chi connectivity index (χ0v) is 11.3. The molecule has 2 fully saturated rings. The molecule has 0 aliphatic carbocycles. The highest BCUT2D eigenvalue weighted by Gasteiger charge is 2.58. The van der Waals surface area contributed by atoms with Crippen LogP contribution in [0.4, 0.5) is 9.59 Å². The van der Waals surface area contributed by atoms with E-state index < -0.39 is 0 Å². The Morgan fingerprint density at radius 3 is 1.24 bits per heavy atom. The summed E-state index contributed by atoms with van der Waals surface area (Å²) in [5, 5.41) is 0. The van der Waals surface area contributed by atoms with Gasteiger partial charge in [0.15, 0.2) is 0 Å². The Bertz CT molecular complexity index is 324. The van der Waals surface area contributed by atoms with E-state index in [2.05, 4.69) is 13.8 Å². The van der Waals surface area contributed by atoms with Crippen LogP contribution in [-0.2, 0) is 0 Å². The molecule has 2 bridgehead atoms. The maximum Gasteiger partial charge on any atom is 0.322 e. The van der Waals surface area contributed by atoms with Crippen molar-refractivity contribution in [2.75, 3.05) is 28.2 Å². The second kappa shape index (κ2) is 3.27. The first-order valence-electron chi connectivity index (χ1n) is 5.70. The quantitative estimate of drug-likeness (QED) is 0.624. The minimum absolute atomic E-state index is 0.0504. The van der Waals surface area contributed by atoms with E-state index in [1.54, 1.807) is 47.8 Å². The Kier molecular flexibility index (Phi) is 2.31. The standard InChI is InChI=1S/C11H20N4O2/c1-11(2)7-12(3)9(16)14(5)8(11)15(6)10(17)13(7)4/h7-8H,1-6H3. The van der Waals surface area contributed by atoms with Crippen molar-refractivity contribution in [3.63, 3.8) is 0 Å². The Balaban J connectivity index is 2.55. The lowest BCUT2D eigenvalue weighted by molar-refractivity contribution is -0.128. The zero-order chi connectivity index (χ0) is 13.1. The molecule has 0 aromatic carbocycles. The lowest BCUT2D eigenvalue weighted by atomic mass is 9.79. The molecule has 17 heavy (non-hydrogen) atoms. The molecule has 2 rings (SSSR count). The second-order valence-electron chi connectivity index (χ2n) is 5.58. The van der Waals surface area contributed by atoms with Crippen molar-refractivity contribution in [3.8, 4) is 0 Å². The van der Waals surface area contributed by atoms with Crippen molar-refractivity contribution in [2.24, 2.45) is 5.41 Å². The van der Waals surface area contributed by atoms with Crippen molar-refractivity contribution in [3.05, 3.63) is 0 Å². The maximum atomic E-state index is 12.1. The van der Waals surface area contributed by atoms with Gasteiger partial charge in [0.1, 0.15) is 12.3 Å². The van der Waals surface area contributed by atoms with Crippen LogP contribution in [0.3, 0.4) is 0 Å². The molecule has 96 valence electrons. The minimum atomic E-state index is -0.200. The summed E-state index contributed by atoms with van der Waals surface area (Å²) < 4.78 is 0. The van der Waals surface area contributed by atoms with Crippen molar-refractivity contribution in [1.29, 1.82) is 0 Å². The van der Waals surface area contributed by atoms with Gasteiger partial charge in [0, 0.05) is 33.6 Å².